The van der Waals surface area contributed by atoms with Crippen molar-refractivity contribution in [3.63, 3.8) is 0 Å². The minimum atomic E-state index is -0.731. The van der Waals surface area contributed by atoms with Gasteiger partial charge in [-0.1, -0.05) is 11.6 Å². The van der Waals surface area contributed by atoms with E-state index in [-0.39, 0.29) is 36.2 Å². The first-order valence-corrected chi connectivity index (χ1v) is 13.7. The number of nitrogens with zero attached hydrogens (tertiary/aromatic N) is 5. The summed E-state index contributed by atoms with van der Waals surface area (Å²) in [4.78, 5) is 21.0. The van der Waals surface area contributed by atoms with Gasteiger partial charge in [0.1, 0.15) is 17.1 Å². The molecule has 0 bridgehead atoms. The summed E-state index contributed by atoms with van der Waals surface area (Å²) in [6.45, 7) is 3.19. The summed E-state index contributed by atoms with van der Waals surface area (Å²) in [5, 5.41) is 22.1. The highest BCUT2D eigenvalue weighted by Gasteiger charge is 2.40. The molecular weight excluding hydrogens is 537 g/mol. The SMILES string of the molecule is CN1CCN(C(CC(N)=O)c2cc(Nc3cc(-c4cc(Cl)ccc4F)nnc3OC3(CO)CCC3)ccn2)CC1. The van der Waals surface area contributed by atoms with E-state index in [4.69, 9.17) is 22.1 Å². The van der Waals surface area contributed by atoms with E-state index in [1.54, 1.807) is 18.3 Å². The summed E-state index contributed by atoms with van der Waals surface area (Å²) >= 11 is 6.13. The number of ether oxygens (including phenoxy) is 1. The van der Waals surface area contributed by atoms with Crippen LogP contribution in [0.2, 0.25) is 5.02 Å². The molecule has 4 N–H and O–H groups in total. The highest BCUT2D eigenvalue weighted by Crippen LogP contribution is 2.40. The second kappa shape index (κ2) is 12.0. The average molecular weight is 570 g/mol. The number of aliphatic hydroxyl groups is 1. The van der Waals surface area contributed by atoms with E-state index >= 15 is 0 Å². The lowest BCUT2D eigenvalue weighted by molar-refractivity contribution is -0.119. The quantitative estimate of drug-likeness (QED) is 0.336. The molecule has 40 heavy (non-hydrogen) atoms. The summed E-state index contributed by atoms with van der Waals surface area (Å²) in [6, 6.07) is 9.24. The predicted octanol–water partition coefficient (Wildman–Crippen LogP) is 3.53. The largest absolute Gasteiger partial charge is 0.466 e. The Morgan fingerprint density at radius 2 is 1.98 bits per heavy atom. The van der Waals surface area contributed by atoms with Crippen LogP contribution in [0, 0.1) is 5.82 Å². The normalized spacial score (nSPS) is 18.1. The number of likely N-dealkylation sites (N-methyl/N-ethyl adjacent to an activating group) is 1. The van der Waals surface area contributed by atoms with Crippen LogP contribution in [0.15, 0.2) is 42.6 Å². The number of aromatic nitrogens is 3. The number of carbonyl (C=O) groups is 1. The molecule has 1 amide bonds. The zero-order valence-electron chi connectivity index (χ0n) is 22.3. The average Bonchev–Trinajstić information content (AvgIpc) is 2.92. The fraction of sp³-hybridized carbons (Fsp3) is 0.429. The summed E-state index contributed by atoms with van der Waals surface area (Å²) in [7, 11) is 2.07. The standard InChI is InChI=1S/C28H33ClFN7O3/c1-36-9-11-37(12-10-36)25(16-26(31)39)23-14-19(5-8-32-23)33-24-15-22(20-13-18(29)3-4-21(20)30)34-35-27(24)40-28(17-38)6-2-7-28/h3-5,8,13-15,25,38H,2,6-7,9-12,16-17H2,1H3,(H2,31,39)(H,32,33,34). The van der Waals surface area contributed by atoms with Gasteiger partial charge < -0.3 is 25.8 Å². The van der Waals surface area contributed by atoms with Gasteiger partial charge in [-0.2, -0.15) is 0 Å². The zero-order valence-corrected chi connectivity index (χ0v) is 23.1. The fourth-order valence-corrected chi connectivity index (χ4v) is 5.22. The molecule has 3 aromatic rings. The first-order valence-electron chi connectivity index (χ1n) is 13.3. The number of hydrogen-bond donors (Lipinski definition) is 3. The van der Waals surface area contributed by atoms with E-state index in [0.29, 0.717) is 34.9 Å². The van der Waals surface area contributed by atoms with E-state index in [0.717, 1.165) is 32.6 Å². The molecule has 1 aromatic carbocycles. The van der Waals surface area contributed by atoms with Crippen molar-refractivity contribution in [2.75, 3.05) is 45.2 Å². The summed E-state index contributed by atoms with van der Waals surface area (Å²) < 4.78 is 20.9. The van der Waals surface area contributed by atoms with Gasteiger partial charge in [0.15, 0.2) is 0 Å². The maximum absolute atomic E-state index is 14.7. The van der Waals surface area contributed by atoms with E-state index < -0.39 is 17.3 Å². The van der Waals surface area contributed by atoms with Crippen molar-refractivity contribution in [1.29, 1.82) is 0 Å². The maximum Gasteiger partial charge on any atom is 0.258 e. The Kier molecular flexibility index (Phi) is 8.46. The molecule has 0 radical (unpaired) electrons. The molecule has 3 heterocycles. The van der Waals surface area contributed by atoms with E-state index in [1.165, 1.54) is 18.2 Å². The molecule has 5 rings (SSSR count). The number of amides is 1. The van der Waals surface area contributed by atoms with Crippen molar-refractivity contribution in [3.8, 4) is 17.1 Å². The van der Waals surface area contributed by atoms with Gasteiger partial charge >= 0.3 is 0 Å². The molecule has 2 fully saturated rings. The topological polar surface area (TPSA) is 130 Å². The molecule has 10 nitrogen and oxygen atoms in total. The van der Waals surface area contributed by atoms with Gasteiger partial charge in [-0.05, 0) is 62.7 Å². The number of piperazine rings is 1. The molecule has 1 aliphatic heterocycles. The Balaban J connectivity index is 1.49. The number of nitrogens with one attached hydrogen (secondary N) is 1. The third-order valence-corrected chi connectivity index (χ3v) is 7.84. The first kappa shape index (κ1) is 28.2. The molecular formula is C28H33ClFN7O3. The monoisotopic (exact) mass is 569 g/mol. The fourth-order valence-electron chi connectivity index (χ4n) is 5.05. The van der Waals surface area contributed by atoms with Gasteiger partial charge in [0.2, 0.25) is 5.91 Å². The van der Waals surface area contributed by atoms with Crippen LogP contribution >= 0.6 is 11.6 Å². The number of anilines is 2. The number of pyridine rings is 1. The number of hydrogen-bond acceptors (Lipinski definition) is 9. The molecule has 1 saturated heterocycles. The molecule has 0 spiro atoms. The number of primary amides is 1. The Bertz CT molecular complexity index is 1360. The number of nitrogens with two attached hydrogens (primary N) is 1. The minimum absolute atomic E-state index is 0.141. The van der Waals surface area contributed by atoms with Crippen LogP contribution in [0.3, 0.4) is 0 Å². The number of carbonyl (C=O) groups excluding carboxylic acids is 1. The highest BCUT2D eigenvalue weighted by atomic mass is 35.5. The van der Waals surface area contributed by atoms with E-state index in [1.807, 2.05) is 6.07 Å². The molecule has 2 aliphatic rings. The summed E-state index contributed by atoms with van der Waals surface area (Å²) in [6.07, 6.45) is 4.12. The van der Waals surface area contributed by atoms with Gasteiger partial charge in [0, 0.05) is 55.1 Å². The van der Waals surface area contributed by atoms with E-state index in [9.17, 15) is 14.3 Å². The molecule has 212 valence electrons. The summed E-state index contributed by atoms with van der Waals surface area (Å²) in [5.74, 6) is -0.705. The molecule has 1 unspecified atom stereocenters. The summed E-state index contributed by atoms with van der Waals surface area (Å²) in [5.41, 5.74) is 7.15. The zero-order chi connectivity index (χ0) is 28.3. The lowest BCUT2D eigenvalue weighted by atomic mass is 9.81. The van der Waals surface area contributed by atoms with Gasteiger partial charge in [-0.25, -0.2) is 4.39 Å². The van der Waals surface area contributed by atoms with Gasteiger partial charge in [0.25, 0.3) is 5.88 Å². The molecule has 2 aromatic heterocycles. The van der Waals surface area contributed by atoms with Crippen molar-refractivity contribution in [2.45, 2.75) is 37.3 Å². The van der Waals surface area contributed by atoms with E-state index in [2.05, 4.69) is 37.3 Å². The Labute approximate surface area is 237 Å². The third kappa shape index (κ3) is 6.33. The van der Waals surface area contributed by atoms with Crippen LogP contribution in [0.4, 0.5) is 15.8 Å². The second-order valence-electron chi connectivity index (χ2n) is 10.5. The van der Waals surface area contributed by atoms with Gasteiger partial charge in [-0.15, -0.1) is 10.2 Å². The van der Waals surface area contributed by atoms with Crippen molar-refractivity contribution < 1.29 is 19.0 Å². The van der Waals surface area contributed by atoms with Crippen LogP contribution in [0.1, 0.15) is 37.4 Å². The second-order valence-corrected chi connectivity index (χ2v) is 10.9. The van der Waals surface area contributed by atoms with Crippen LogP contribution in [0.25, 0.3) is 11.3 Å². The molecule has 12 heteroatoms. The maximum atomic E-state index is 14.7. The van der Waals surface area contributed by atoms with Crippen molar-refractivity contribution in [2.24, 2.45) is 5.73 Å². The van der Waals surface area contributed by atoms with Crippen LogP contribution in [-0.4, -0.2) is 81.4 Å². The van der Waals surface area contributed by atoms with Crippen LogP contribution < -0.4 is 15.8 Å². The Morgan fingerprint density at radius 3 is 2.65 bits per heavy atom. The Morgan fingerprint density at radius 1 is 1.20 bits per heavy atom. The number of halogens is 2. The highest BCUT2D eigenvalue weighted by molar-refractivity contribution is 6.30. The predicted molar refractivity (Wildman–Crippen MR) is 150 cm³/mol. The number of benzene rings is 1. The number of rotatable bonds is 10. The Hall–Kier alpha value is -3.38. The lowest BCUT2D eigenvalue weighted by Crippen LogP contribution is -2.47. The minimum Gasteiger partial charge on any atom is -0.466 e. The van der Waals surface area contributed by atoms with Gasteiger partial charge in [-0.3, -0.25) is 14.7 Å². The first-order chi connectivity index (χ1) is 19.2. The lowest BCUT2D eigenvalue weighted by Gasteiger charge is -2.40. The molecule has 1 aliphatic carbocycles. The van der Waals surface area contributed by atoms with Crippen LogP contribution in [-0.2, 0) is 4.79 Å². The van der Waals surface area contributed by atoms with Crippen LogP contribution in [0.5, 0.6) is 5.88 Å². The number of aliphatic hydroxyl groups excluding tert-OH is 1. The van der Waals surface area contributed by atoms with Crippen molar-refractivity contribution in [3.05, 3.63) is 59.1 Å². The molecule has 1 atom stereocenters. The van der Waals surface area contributed by atoms with Crippen molar-refractivity contribution >= 4 is 28.9 Å². The smallest absolute Gasteiger partial charge is 0.258 e. The molecule has 1 saturated carbocycles. The van der Waals surface area contributed by atoms with Crippen molar-refractivity contribution in [1.82, 2.24) is 25.0 Å². The third-order valence-electron chi connectivity index (χ3n) is 7.61. The van der Waals surface area contributed by atoms with Gasteiger partial charge in [0.05, 0.1) is 24.0 Å².